The summed E-state index contributed by atoms with van der Waals surface area (Å²) in [6.07, 6.45) is 1.41. The fourth-order valence-corrected chi connectivity index (χ4v) is 2.42. The van der Waals surface area contributed by atoms with E-state index in [0.717, 1.165) is 5.56 Å². The van der Waals surface area contributed by atoms with Gasteiger partial charge in [-0.1, -0.05) is 12.1 Å². The van der Waals surface area contributed by atoms with Crippen molar-refractivity contribution in [2.75, 3.05) is 13.2 Å². The Labute approximate surface area is 99.2 Å². The average Bonchev–Trinajstić information content (AvgIpc) is 2.30. The molecule has 17 heavy (non-hydrogen) atoms. The molecule has 2 rings (SSSR count). The van der Waals surface area contributed by atoms with Crippen LogP contribution in [0, 0.1) is 5.82 Å². The maximum absolute atomic E-state index is 12.9. The summed E-state index contributed by atoms with van der Waals surface area (Å²) in [5.74, 6) is -1.12. The van der Waals surface area contributed by atoms with Crippen LogP contribution < -0.4 is 0 Å². The van der Waals surface area contributed by atoms with Gasteiger partial charge in [0.1, 0.15) is 5.82 Å². The lowest BCUT2D eigenvalue weighted by atomic mass is 9.72. The predicted molar refractivity (Wildman–Crippen MR) is 60.4 cm³/mol. The molecule has 0 unspecified atom stereocenters. The van der Waals surface area contributed by atoms with Gasteiger partial charge in [-0.05, 0) is 30.5 Å². The van der Waals surface area contributed by atoms with Gasteiger partial charge < -0.3 is 9.84 Å². The van der Waals surface area contributed by atoms with Crippen LogP contribution in [0.1, 0.15) is 24.8 Å². The van der Waals surface area contributed by atoms with Crippen LogP contribution >= 0.6 is 0 Å². The molecule has 4 heteroatoms. The highest BCUT2D eigenvalue weighted by atomic mass is 19.1. The minimum atomic E-state index is -0.823. The van der Waals surface area contributed by atoms with E-state index in [2.05, 4.69) is 0 Å². The number of carboxylic acids is 1. The largest absolute Gasteiger partial charge is 0.481 e. The van der Waals surface area contributed by atoms with E-state index >= 15 is 0 Å². The molecule has 1 N–H and O–H groups in total. The molecule has 0 radical (unpaired) electrons. The summed E-state index contributed by atoms with van der Waals surface area (Å²) in [4.78, 5) is 11.0. The molecule has 1 aliphatic heterocycles. The normalized spacial score (nSPS) is 18.9. The van der Waals surface area contributed by atoms with Crippen molar-refractivity contribution >= 4 is 5.97 Å². The van der Waals surface area contributed by atoms with Crippen LogP contribution in [0.4, 0.5) is 4.39 Å². The molecule has 0 atom stereocenters. The fourth-order valence-electron chi connectivity index (χ4n) is 2.42. The Balaban J connectivity index is 2.31. The third-order valence-corrected chi connectivity index (χ3v) is 3.40. The highest BCUT2D eigenvalue weighted by Gasteiger charge is 2.36. The third kappa shape index (κ3) is 2.64. The molecule has 0 bridgehead atoms. The van der Waals surface area contributed by atoms with Gasteiger partial charge in [-0.25, -0.2) is 4.39 Å². The van der Waals surface area contributed by atoms with Crippen molar-refractivity contribution in [3.8, 4) is 0 Å². The molecule has 1 aromatic rings. The number of rotatable bonds is 3. The molecule has 0 aromatic heterocycles. The molecular weight excluding hydrogens is 223 g/mol. The summed E-state index contributed by atoms with van der Waals surface area (Å²) in [5, 5.41) is 9.03. The van der Waals surface area contributed by atoms with Crippen LogP contribution in [-0.2, 0) is 14.9 Å². The summed E-state index contributed by atoms with van der Waals surface area (Å²) >= 11 is 0. The van der Waals surface area contributed by atoms with Crippen molar-refractivity contribution < 1.29 is 19.0 Å². The van der Waals surface area contributed by atoms with E-state index in [0.29, 0.717) is 26.1 Å². The van der Waals surface area contributed by atoms with Gasteiger partial charge in [0.2, 0.25) is 0 Å². The number of benzene rings is 1. The van der Waals surface area contributed by atoms with Crippen LogP contribution in [0.25, 0.3) is 0 Å². The first-order valence-corrected chi connectivity index (χ1v) is 5.68. The average molecular weight is 238 g/mol. The zero-order chi connectivity index (χ0) is 12.3. The second-order valence-corrected chi connectivity index (χ2v) is 4.47. The Kier molecular flexibility index (Phi) is 3.43. The number of aliphatic carboxylic acids is 1. The Morgan fingerprint density at radius 3 is 2.41 bits per heavy atom. The van der Waals surface area contributed by atoms with E-state index in [4.69, 9.17) is 9.84 Å². The molecule has 1 heterocycles. The molecule has 1 aliphatic rings. The fraction of sp³-hybridized carbons (Fsp3) is 0.462. The minimum Gasteiger partial charge on any atom is -0.481 e. The molecule has 0 amide bonds. The Morgan fingerprint density at radius 2 is 1.88 bits per heavy atom. The monoisotopic (exact) mass is 238 g/mol. The van der Waals surface area contributed by atoms with E-state index in [1.54, 1.807) is 12.1 Å². The van der Waals surface area contributed by atoms with Gasteiger partial charge in [-0.15, -0.1) is 0 Å². The zero-order valence-corrected chi connectivity index (χ0v) is 9.49. The van der Waals surface area contributed by atoms with Gasteiger partial charge in [0, 0.05) is 18.6 Å². The number of ether oxygens (including phenoxy) is 1. The first-order valence-electron chi connectivity index (χ1n) is 5.68. The number of halogens is 1. The zero-order valence-electron chi connectivity index (χ0n) is 9.49. The van der Waals surface area contributed by atoms with Crippen molar-refractivity contribution in [2.24, 2.45) is 0 Å². The quantitative estimate of drug-likeness (QED) is 0.879. The molecule has 0 spiro atoms. The molecule has 3 nitrogen and oxygen atoms in total. The van der Waals surface area contributed by atoms with Crippen LogP contribution in [0.2, 0.25) is 0 Å². The van der Waals surface area contributed by atoms with Gasteiger partial charge in [-0.2, -0.15) is 0 Å². The van der Waals surface area contributed by atoms with E-state index in [1.165, 1.54) is 12.1 Å². The molecule has 0 aliphatic carbocycles. The molecule has 0 saturated carbocycles. The topological polar surface area (TPSA) is 46.5 Å². The Morgan fingerprint density at radius 1 is 1.29 bits per heavy atom. The Hall–Kier alpha value is -1.42. The second kappa shape index (κ2) is 4.84. The summed E-state index contributed by atoms with van der Waals surface area (Å²) in [5.41, 5.74) is 0.488. The lowest BCUT2D eigenvalue weighted by Gasteiger charge is -2.36. The Bertz CT molecular complexity index is 394. The van der Waals surface area contributed by atoms with Gasteiger partial charge in [0.05, 0.1) is 6.42 Å². The lowest BCUT2D eigenvalue weighted by molar-refractivity contribution is -0.139. The smallest absolute Gasteiger partial charge is 0.304 e. The van der Waals surface area contributed by atoms with Gasteiger partial charge in [0.15, 0.2) is 0 Å². The van der Waals surface area contributed by atoms with Crippen LogP contribution in [0.15, 0.2) is 24.3 Å². The molecule has 92 valence electrons. The lowest BCUT2D eigenvalue weighted by Crippen LogP contribution is -2.36. The van der Waals surface area contributed by atoms with E-state index in [1.807, 2.05) is 0 Å². The highest BCUT2D eigenvalue weighted by molar-refractivity contribution is 5.69. The first kappa shape index (κ1) is 12.0. The van der Waals surface area contributed by atoms with E-state index < -0.39 is 11.4 Å². The van der Waals surface area contributed by atoms with Crippen molar-refractivity contribution in [2.45, 2.75) is 24.7 Å². The summed E-state index contributed by atoms with van der Waals surface area (Å²) in [7, 11) is 0. The van der Waals surface area contributed by atoms with E-state index in [-0.39, 0.29) is 12.2 Å². The van der Waals surface area contributed by atoms with Crippen molar-refractivity contribution in [3.05, 3.63) is 35.6 Å². The maximum Gasteiger partial charge on any atom is 0.304 e. The first-order chi connectivity index (χ1) is 8.12. The molecule has 1 saturated heterocycles. The summed E-state index contributed by atoms with van der Waals surface area (Å²) in [6.45, 7) is 1.12. The van der Waals surface area contributed by atoms with E-state index in [9.17, 15) is 9.18 Å². The van der Waals surface area contributed by atoms with Gasteiger partial charge in [0.25, 0.3) is 0 Å². The number of carbonyl (C=O) groups is 1. The second-order valence-electron chi connectivity index (χ2n) is 4.47. The van der Waals surface area contributed by atoms with Crippen LogP contribution in [0.3, 0.4) is 0 Å². The summed E-state index contributed by atoms with van der Waals surface area (Å²) in [6, 6.07) is 6.13. The van der Waals surface area contributed by atoms with Gasteiger partial charge in [-0.3, -0.25) is 4.79 Å². The SMILES string of the molecule is O=C(O)CC1(c2ccc(F)cc2)CCOCC1. The number of hydrogen-bond donors (Lipinski definition) is 1. The van der Waals surface area contributed by atoms with Crippen LogP contribution in [0.5, 0.6) is 0 Å². The van der Waals surface area contributed by atoms with Crippen molar-refractivity contribution in [3.63, 3.8) is 0 Å². The maximum atomic E-state index is 12.9. The van der Waals surface area contributed by atoms with Crippen molar-refractivity contribution in [1.29, 1.82) is 0 Å². The van der Waals surface area contributed by atoms with Crippen LogP contribution in [-0.4, -0.2) is 24.3 Å². The molecular formula is C13H15FO3. The third-order valence-electron chi connectivity index (χ3n) is 3.40. The van der Waals surface area contributed by atoms with Gasteiger partial charge >= 0.3 is 5.97 Å². The minimum absolute atomic E-state index is 0.0714. The highest BCUT2D eigenvalue weighted by Crippen LogP contribution is 2.38. The predicted octanol–water partition coefficient (Wildman–Crippen LogP) is 2.35. The number of carboxylic acid groups (broad SMARTS) is 1. The molecule has 1 aromatic carbocycles. The molecule has 1 fully saturated rings. The van der Waals surface area contributed by atoms with Crippen molar-refractivity contribution in [1.82, 2.24) is 0 Å². The standard InChI is InChI=1S/C13H15FO3/c14-11-3-1-10(2-4-11)13(9-12(15)16)5-7-17-8-6-13/h1-4H,5-9H2,(H,15,16). The summed E-state index contributed by atoms with van der Waals surface area (Å²) < 4.78 is 18.2. The number of hydrogen-bond acceptors (Lipinski definition) is 2.